The van der Waals surface area contributed by atoms with Crippen LogP contribution in [0.3, 0.4) is 0 Å². The van der Waals surface area contributed by atoms with Gasteiger partial charge in [0.05, 0.1) is 5.41 Å². The number of anilines is 2. The standard InChI is InChI=1S/C51H35NS/c1-31-13-3-4-14-36(31)49-32(2)42(30-43-41-18-8-12-22-48(41)53-50(43)49)33-23-25-34(26-24-33)52-35-27-28-40-39-17-7-11-21-46(39)51(47(40)29-35)44-19-9-5-15-37(44)38-16-6-10-20-45(38)51/h3-30,52H,1-2H3. The highest BCUT2D eigenvalue weighted by molar-refractivity contribution is 7.26. The minimum Gasteiger partial charge on any atom is -0.356 e. The number of benzene rings is 8. The van der Waals surface area contributed by atoms with Gasteiger partial charge >= 0.3 is 0 Å². The summed E-state index contributed by atoms with van der Waals surface area (Å²) >= 11 is 1.91. The summed E-state index contributed by atoms with van der Waals surface area (Å²) in [4.78, 5) is 0. The monoisotopic (exact) mass is 693 g/mol. The number of hydrogen-bond donors (Lipinski definition) is 1. The van der Waals surface area contributed by atoms with Crippen molar-refractivity contribution in [1.29, 1.82) is 0 Å². The smallest absolute Gasteiger partial charge is 0.0726 e. The Labute approximate surface area is 313 Å². The largest absolute Gasteiger partial charge is 0.356 e. The van der Waals surface area contributed by atoms with Gasteiger partial charge in [0, 0.05) is 37.1 Å². The molecule has 0 amide bonds. The average molecular weight is 694 g/mol. The fourth-order valence-corrected chi connectivity index (χ4v) is 10.8. The fraction of sp³-hybridized carbons (Fsp3) is 0.0588. The van der Waals surface area contributed by atoms with Crippen LogP contribution in [-0.4, -0.2) is 0 Å². The number of nitrogens with one attached hydrogen (secondary N) is 1. The van der Waals surface area contributed by atoms with E-state index in [1.807, 2.05) is 11.3 Å². The minimum atomic E-state index is -0.350. The van der Waals surface area contributed by atoms with Crippen LogP contribution in [0.5, 0.6) is 0 Å². The van der Waals surface area contributed by atoms with Crippen LogP contribution in [0, 0.1) is 13.8 Å². The second-order valence-corrected chi connectivity index (χ2v) is 15.6. The van der Waals surface area contributed by atoms with Crippen molar-refractivity contribution in [2.75, 3.05) is 5.32 Å². The molecule has 1 nitrogen and oxygen atoms in total. The molecule has 0 atom stereocenters. The van der Waals surface area contributed by atoms with Crippen molar-refractivity contribution in [1.82, 2.24) is 0 Å². The number of thiophene rings is 1. The van der Waals surface area contributed by atoms with Gasteiger partial charge in [0.2, 0.25) is 0 Å². The highest BCUT2D eigenvalue weighted by Crippen LogP contribution is 2.63. The van der Waals surface area contributed by atoms with Gasteiger partial charge in [0.15, 0.2) is 0 Å². The molecule has 0 unspecified atom stereocenters. The van der Waals surface area contributed by atoms with Crippen molar-refractivity contribution in [3.63, 3.8) is 0 Å². The van der Waals surface area contributed by atoms with Crippen LogP contribution in [-0.2, 0) is 5.41 Å². The lowest BCUT2D eigenvalue weighted by Crippen LogP contribution is -2.25. The molecule has 2 aliphatic rings. The second-order valence-electron chi connectivity index (χ2n) is 14.6. The van der Waals surface area contributed by atoms with Crippen LogP contribution in [0.15, 0.2) is 170 Å². The summed E-state index contributed by atoms with van der Waals surface area (Å²) in [5.74, 6) is 0. The van der Waals surface area contributed by atoms with E-state index in [0.717, 1.165) is 11.4 Å². The number of rotatable bonds is 4. The molecule has 0 radical (unpaired) electrons. The average Bonchev–Trinajstić information content (AvgIpc) is 3.82. The van der Waals surface area contributed by atoms with Crippen molar-refractivity contribution in [3.05, 3.63) is 203 Å². The van der Waals surface area contributed by atoms with Crippen molar-refractivity contribution in [3.8, 4) is 44.5 Å². The Morgan fingerprint density at radius 3 is 1.64 bits per heavy atom. The first-order chi connectivity index (χ1) is 26.1. The zero-order valence-corrected chi connectivity index (χ0v) is 30.4. The van der Waals surface area contributed by atoms with Gasteiger partial charge in [-0.2, -0.15) is 0 Å². The van der Waals surface area contributed by atoms with Gasteiger partial charge in [-0.25, -0.2) is 0 Å². The molecule has 8 aromatic carbocycles. The highest BCUT2D eigenvalue weighted by Gasteiger charge is 2.51. The van der Waals surface area contributed by atoms with Crippen LogP contribution in [0.2, 0.25) is 0 Å². The maximum atomic E-state index is 3.80. The Bertz CT molecular complexity index is 2880. The van der Waals surface area contributed by atoms with Gasteiger partial charge in [-0.1, -0.05) is 133 Å². The van der Waals surface area contributed by atoms with Crippen molar-refractivity contribution in [2.24, 2.45) is 0 Å². The van der Waals surface area contributed by atoms with E-state index >= 15 is 0 Å². The van der Waals surface area contributed by atoms with E-state index in [-0.39, 0.29) is 5.41 Å². The van der Waals surface area contributed by atoms with Crippen molar-refractivity contribution >= 4 is 42.9 Å². The quantitative estimate of drug-likeness (QED) is 0.193. The lowest BCUT2D eigenvalue weighted by molar-refractivity contribution is 0.794. The summed E-state index contributed by atoms with van der Waals surface area (Å²) in [6.45, 7) is 4.52. The summed E-state index contributed by atoms with van der Waals surface area (Å²) in [7, 11) is 0. The van der Waals surface area contributed by atoms with E-state index in [1.165, 1.54) is 98.1 Å². The Morgan fingerprint density at radius 1 is 0.434 bits per heavy atom. The molecule has 1 spiro atoms. The third-order valence-corrected chi connectivity index (χ3v) is 13.0. The van der Waals surface area contributed by atoms with Crippen LogP contribution in [0.1, 0.15) is 33.4 Å². The van der Waals surface area contributed by atoms with E-state index in [9.17, 15) is 0 Å². The van der Waals surface area contributed by atoms with E-state index in [0.29, 0.717) is 0 Å². The molecular formula is C51H35NS. The molecule has 1 heterocycles. The predicted octanol–water partition coefficient (Wildman–Crippen LogP) is 14.1. The van der Waals surface area contributed by atoms with Crippen LogP contribution < -0.4 is 5.32 Å². The Balaban J connectivity index is 1.02. The van der Waals surface area contributed by atoms with Crippen LogP contribution in [0.25, 0.3) is 64.7 Å². The molecule has 0 saturated heterocycles. The topological polar surface area (TPSA) is 12.0 Å². The van der Waals surface area contributed by atoms with Gasteiger partial charge in [-0.05, 0) is 123 Å². The zero-order chi connectivity index (χ0) is 35.3. The molecule has 53 heavy (non-hydrogen) atoms. The molecule has 0 fully saturated rings. The lowest BCUT2D eigenvalue weighted by atomic mass is 9.70. The fourth-order valence-electron chi connectivity index (χ4n) is 9.50. The summed E-state index contributed by atoms with van der Waals surface area (Å²) < 4.78 is 2.70. The SMILES string of the molecule is Cc1ccccc1-c1c(C)c(-c2ccc(Nc3ccc4c(c3)C3(c5ccccc5-c5ccccc53)c3ccccc3-4)cc2)cc2c1sc1ccccc12. The van der Waals surface area contributed by atoms with Gasteiger partial charge in [0.1, 0.15) is 0 Å². The minimum absolute atomic E-state index is 0.350. The lowest BCUT2D eigenvalue weighted by Gasteiger charge is -2.30. The molecule has 1 N–H and O–H groups in total. The summed E-state index contributed by atoms with van der Waals surface area (Å²) in [6, 6.07) is 63.0. The van der Waals surface area contributed by atoms with E-state index in [4.69, 9.17) is 0 Å². The van der Waals surface area contributed by atoms with E-state index in [2.05, 4.69) is 189 Å². The molecule has 2 heteroatoms. The maximum absolute atomic E-state index is 3.80. The molecule has 2 aliphatic carbocycles. The Morgan fingerprint density at radius 2 is 0.981 bits per heavy atom. The van der Waals surface area contributed by atoms with Crippen LogP contribution in [0.4, 0.5) is 11.4 Å². The first-order valence-electron chi connectivity index (χ1n) is 18.4. The maximum Gasteiger partial charge on any atom is 0.0726 e. The number of aryl methyl sites for hydroxylation is 1. The van der Waals surface area contributed by atoms with Gasteiger partial charge in [-0.15, -0.1) is 11.3 Å². The first kappa shape index (κ1) is 30.4. The summed E-state index contributed by atoms with van der Waals surface area (Å²) in [5.41, 5.74) is 20.3. The van der Waals surface area contributed by atoms with Crippen molar-refractivity contribution < 1.29 is 0 Å². The Hall–Kier alpha value is -6.22. The first-order valence-corrected chi connectivity index (χ1v) is 19.2. The van der Waals surface area contributed by atoms with Gasteiger partial charge < -0.3 is 5.32 Å². The molecule has 0 saturated carbocycles. The summed E-state index contributed by atoms with van der Waals surface area (Å²) in [5, 5.41) is 6.46. The third kappa shape index (κ3) is 4.24. The predicted molar refractivity (Wildman–Crippen MR) is 226 cm³/mol. The molecule has 9 aromatic rings. The van der Waals surface area contributed by atoms with Gasteiger partial charge in [-0.3, -0.25) is 0 Å². The molecule has 1 aromatic heterocycles. The molecule has 250 valence electrons. The van der Waals surface area contributed by atoms with E-state index in [1.54, 1.807) is 0 Å². The number of fused-ring (bicyclic) bond motifs is 13. The molecule has 0 aliphatic heterocycles. The zero-order valence-electron chi connectivity index (χ0n) is 29.6. The Kier molecular flexibility index (Phi) is 6.53. The molecule has 11 rings (SSSR count). The van der Waals surface area contributed by atoms with E-state index < -0.39 is 0 Å². The highest BCUT2D eigenvalue weighted by atomic mass is 32.1. The van der Waals surface area contributed by atoms with Crippen LogP contribution >= 0.6 is 11.3 Å². The number of hydrogen-bond acceptors (Lipinski definition) is 2. The summed E-state index contributed by atoms with van der Waals surface area (Å²) in [6.07, 6.45) is 0. The second kappa shape index (κ2) is 11.4. The molecule has 0 bridgehead atoms. The normalized spacial score (nSPS) is 13.2. The van der Waals surface area contributed by atoms with Gasteiger partial charge in [0.25, 0.3) is 0 Å². The molecular weight excluding hydrogens is 659 g/mol. The van der Waals surface area contributed by atoms with Crippen molar-refractivity contribution in [2.45, 2.75) is 19.3 Å². The third-order valence-electron chi connectivity index (χ3n) is 11.8.